The van der Waals surface area contributed by atoms with Crippen LogP contribution in [-0.2, 0) is 0 Å². The van der Waals surface area contributed by atoms with Gasteiger partial charge in [0.1, 0.15) is 5.75 Å². The number of aromatic hydroxyl groups is 1. The van der Waals surface area contributed by atoms with Gasteiger partial charge in [0, 0.05) is 11.4 Å². The molecular weight excluding hydrogens is 240 g/mol. The van der Waals surface area contributed by atoms with Crippen molar-refractivity contribution in [3.8, 4) is 5.75 Å². The Bertz CT molecular complexity index is 636. The molecule has 0 aliphatic rings. The van der Waals surface area contributed by atoms with Gasteiger partial charge in [-0.3, -0.25) is 4.79 Å². The molecule has 0 fully saturated rings. The van der Waals surface area contributed by atoms with Crippen LogP contribution in [0.25, 0.3) is 0 Å². The van der Waals surface area contributed by atoms with Gasteiger partial charge in [-0.15, -0.1) is 0 Å². The van der Waals surface area contributed by atoms with Crippen LogP contribution in [0.1, 0.15) is 21.5 Å². The lowest BCUT2D eigenvalue weighted by Crippen LogP contribution is -2.13. The molecule has 4 heteroatoms. The van der Waals surface area contributed by atoms with E-state index in [-0.39, 0.29) is 17.2 Å². The molecule has 0 aromatic heterocycles. The van der Waals surface area contributed by atoms with Gasteiger partial charge in [-0.25, -0.2) is 0 Å². The molecule has 0 heterocycles. The third-order valence-corrected chi connectivity index (χ3v) is 3.12. The fourth-order valence-corrected chi connectivity index (χ4v) is 1.81. The Morgan fingerprint density at radius 3 is 2.68 bits per heavy atom. The van der Waals surface area contributed by atoms with Crippen molar-refractivity contribution in [2.75, 3.05) is 11.1 Å². The number of hydrogen-bond donors (Lipinski definition) is 3. The van der Waals surface area contributed by atoms with Crippen LogP contribution in [0, 0.1) is 13.8 Å². The Hall–Kier alpha value is -2.49. The summed E-state index contributed by atoms with van der Waals surface area (Å²) in [4.78, 5) is 12.1. The highest BCUT2D eigenvalue weighted by Crippen LogP contribution is 2.23. The molecule has 2 aromatic carbocycles. The molecular formula is C15H16N2O2. The molecule has 0 aliphatic carbocycles. The Morgan fingerprint density at radius 2 is 1.95 bits per heavy atom. The smallest absolute Gasteiger partial charge is 0.259 e. The number of nitrogen functional groups attached to an aromatic ring is 1. The fraction of sp³-hybridized carbons (Fsp3) is 0.133. The molecule has 0 saturated carbocycles. The number of rotatable bonds is 2. The second-order valence-electron chi connectivity index (χ2n) is 4.48. The lowest BCUT2D eigenvalue weighted by molar-refractivity contribution is 0.102. The number of anilines is 2. The molecule has 98 valence electrons. The molecule has 0 unspecified atom stereocenters. The minimum absolute atomic E-state index is 0.0861. The fourth-order valence-electron chi connectivity index (χ4n) is 1.81. The number of phenols is 1. The first-order valence-electron chi connectivity index (χ1n) is 5.95. The molecule has 2 rings (SSSR count). The molecule has 0 radical (unpaired) electrons. The van der Waals surface area contributed by atoms with E-state index in [4.69, 9.17) is 5.73 Å². The molecule has 1 amide bonds. The Labute approximate surface area is 111 Å². The van der Waals surface area contributed by atoms with E-state index in [1.54, 1.807) is 6.07 Å². The van der Waals surface area contributed by atoms with Crippen LogP contribution in [-0.4, -0.2) is 11.0 Å². The van der Waals surface area contributed by atoms with Crippen LogP contribution in [0.2, 0.25) is 0 Å². The third-order valence-electron chi connectivity index (χ3n) is 3.12. The van der Waals surface area contributed by atoms with Crippen molar-refractivity contribution < 1.29 is 9.90 Å². The lowest BCUT2D eigenvalue weighted by atomic mass is 10.1. The quantitative estimate of drug-likeness (QED) is 0.571. The van der Waals surface area contributed by atoms with Gasteiger partial charge >= 0.3 is 0 Å². The van der Waals surface area contributed by atoms with Crippen molar-refractivity contribution >= 4 is 17.3 Å². The van der Waals surface area contributed by atoms with Gasteiger partial charge < -0.3 is 16.2 Å². The van der Waals surface area contributed by atoms with Crippen LogP contribution in [0.3, 0.4) is 0 Å². The second-order valence-corrected chi connectivity index (χ2v) is 4.48. The Balaban J connectivity index is 2.31. The highest BCUT2D eigenvalue weighted by atomic mass is 16.3. The van der Waals surface area contributed by atoms with Gasteiger partial charge in [0.15, 0.2) is 0 Å². The van der Waals surface area contributed by atoms with Crippen LogP contribution in [0.15, 0.2) is 36.4 Å². The third kappa shape index (κ3) is 2.68. The predicted molar refractivity (Wildman–Crippen MR) is 76.4 cm³/mol. The lowest BCUT2D eigenvalue weighted by Gasteiger charge is -2.11. The van der Waals surface area contributed by atoms with Gasteiger partial charge in [-0.05, 0) is 49.2 Å². The summed E-state index contributed by atoms with van der Waals surface area (Å²) >= 11 is 0. The van der Waals surface area contributed by atoms with Crippen LogP contribution >= 0.6 is 0 Å². The summed E-state index contributed by atoms with van der Waals surface area (Å²) in [7, 11) is 0. The molecule has 4 N–H and O–H groups in total. The van der Waals surface area contributed by atoms with Crippen molar-refractivity contribution in [3.63, 3.8) is 0 Å². The Morgan fingerprint density at radius 1 is 1.21 bits per heavy atom. The number of carbonyl (C=O) groups excluding carboxylic acids is 1. The van der Waals surface area contributed by atoms with Gasteiger partial charge in [-0.1, -0.05) is 12.1 Å². The average molecular weight is 256 g/mol. The zero-order valence-corrected chi connectivity index (χ0v) is 10.9. The topological polar surface area (TPSA) is 75.4 Å². The van der Waals surface area contributed by atoms with E-state index in [1.807, 2.05) is 32.0 Å². The summed E-state index contributed by atoms with van der Waals surface area (Å²) in [5.74, 6) is -0.462. The van der Waals surface area contributed by atoms with Crippen LogP contribution in [0.5, 0.6) is 5.75 Å². The number of nitrogens with one attached hydrogen (secondary N) is 1. The van der Waals surface area contributed by atoms with Gasteiger partial charge in [0.25, 0.3) is 5.91 Å². The monoisotopic (exact) mass is 256 g/mol. The number of carbonyl (C=O) groups is 1. The SMILES string of the molecule is Cc1cccc(NC(=O)c2cc(N)ccc2O)c1C. The van der Waals surface area contributed by atoms with E-state index in [0.29, 0.717) is 5.69 Å². The van der Waals surface area contributed by atoms with Crippen molar-refractivity contribution in [2.24, 2.45) is 0 Å². The van der Waals surface area contributed by atoms with Crippen molar-refractivity contribution in [1.82, 2.24) is 0 Å². The molecule has 0 atom stereocenters. The number of nitrogens with two attached hydrogens (primary N) is 1. The standard InChI is InChI=1S/C15H16N2O2/c1-9-4-3-5-13(10(9)2)17-15(19)12-8-11(16)6-7-14(12)18/h3-8,18H,16H2,1-2H3,(H,17,19). The zero-order chi connectivity index (χ0) is 14.0. The number of amides is 1. The minimum atomic E-state index is -0.376. The highest BCUT2D eigenvalue weighted by molar-refractivity contribution is 6.07. The maximum absolute atomic E-state index is 12.1. The minimum Gasteiger partial charge on any atom is -0.507 e. The van der Waals surface area contributed by atoms with E-state index < -0.39 is 0 Å². The number of benzene rings is 2. The number of hydrogen-bond acceptors (Lipinski definition) is 3. The number of phenolic OH excluding ortho intramolecular Hbond substituents is 1. The number of aryl methyl sites for hydroxylation is 1. The van der Waals surface area contributed by atoms with E-state index in [9.17, 15) is 9.90 Å². The highest BCUT2D eigenvalue weighted by Gasteiger charge is 2.13. The maximum Gasteiger partial charge on any atom is 0.259 e. The maximum atomic E-state index is 12.1. The summed E-state index contributed by atoms with van der Waals surface area (Å²) in [5, 5.41) is 12.5. The van der Waals surface area contributed by atoms with E-state index >= 15 is 0 Å². The summed E-state index contributed by atoms with van der Waals surface area (Å²) in [6, 6.07) is 10.1. The molecule has 4 nitrogen and oxygen atoms in total. The first-order valence-corrected chi connectivity index (χ1v) is 5.95. The van der Waals surface area contributed by atoms with Crippen LogP contribution < -0.4 is 11.1 Å². The first kappa shape index (κ1) is 13.0. The largest absolute Gasteiger partial charge is 0.507 e. The average Bonchev–Trinajstić information content (AvgIpc) is 2.38. The van der Waals surface area contributed by atoms with E-state index in [0.717, 1.165) is 16.8 Å². The molecule has 0 saturated heterocycles. The summed E-state index contributed by atoms with van der Waals surface area (Å²) in [6.07, 6.45) is 0. The Kier molecular flexibility index (Phi) is 3.42. The van der Waals surface area contributed by atoms with Gasteiger partial charge in [0.05, 0.1) is 5.56 Å². The van der Waals surface area contributed by atoms with Crippen molar-refractivity contribution in [3.05, 3.63) is 53.1 Å². The van der Waals surface area contributed by atoms with Crippen molar-refractivity contribution in [1.29, 1.82) is 0 Å². The summed E-state index contributed by atoms with van der Waals surface area (Å²) in [5.41, 5.74) is 9.04. The van der Waals surface area contributed by atoms with Crippen molar-refractivity contribution in [2.45, 2.75) is 13.8 Å². The van der Waals surface area contributed by atoms with Gasteiger partial charge in [-0.2, -0.15) is 0 Å². The molecule has 2 aromatic rings. The normalized spacial score (nSPS) is 10.2. The molecule has 0 aliphatic heterocycles. The summed E-state index contributed by atoms with van der Waals surface area (Å²) < 4.78 is 0. The second kappa shape index (κ2) is 5.02. The predicted octanol–water partition coefficient (Wildman–Crippen LogP) is 2.84. The summed E-state index contributed by atoms with van der Waals surface area (Å²) in [6.45, 7) is 3.91. The van der Waals surface area contributed by atoms with Gasteiger partial charge in [0.2, 0.25) is 0 Å². The molecule has 0 bridgehead atoms. The first-order chi connectivity index (χ1) is 8.99. The van der Waals surface area contributed by atoms with Crippen LogP contribution in [0.4, 0.5) is 11.4 Å². The van der Waals surface area contributed by atoms with E-state index in [2.05, 4.69) is 5.32 Å². The molecule has 19 heavy (non-hydrogen) atoms. The van der Waals surface area contributed by atoms with E-state index in [1.165, 1.54) is 12.1 Å². The zero-order valence-electron chi connectivity index (χ0n) is 10.9. The molecule has 0 spiro atoms.